The quantitative estimate of drug-likeness (QED) is 0.346. The maximum Gasteiger partial charge on any atom is 0.239 e. The lowest BCUT2D eigenvalue weighted by molar-refractivity contribution is 0.155. The molecule has 0 bridgehead atoms. The highest BCUT2D eigenvalue weighted by atomic mass is 16.6. The summed E-state index contributed by atoms with van der Waals surface area (Å²) in [4.78, 5) is 4.74. The number of nitrogens with zero attached hydrogens (tertiary/aromatic N) is 1. The van der Waals surface area contributed by atoms with Gasteiger partial charge in [-0.3, -0.25) is 0 Å². The van der Waals surface area contributed by atoms with E-state index in [0.29, 0.717) is 34.6 Å². The van der Waals surface area contributed by atoms with E-state index in [4.69, 9.17) is 28.7 Å². The van der Waals surface area contributed by atoms with Crippen molar-refractivity contribution in [1.82, 2.24) is 0 Å². The van der Waals surface area contributed by atoms with E-state index in [1.807, 2.05) is 80.6 Å². The van der Waals surface area contributed by atoms with Crippen LogP contribution < -0.4 is 23.7 Å². The third kappa shape index (κ3) is 5.69. The number of aliphatic imine (C=N–C) groups is 1. The topological polar surface area (TPSA) is 58.5 Å². The zero-order valence-electron chi connectivity index (χ0n) is 18.4. The molecule has 0 aliphatic heterocycles. The van der Waals surface area contributed by atoms with Gasteiger partial charge in [0.25, 0.3) is 0 Å². The van der Waals surface area contributed by atoms with E-state index in [2.05, 4.69) is 0 Å². The molecule has 0 radical (unpaired) electrons. The molecule has 0 fully saturated rings. The molecule has 3 rings (SSSR count). The number of hydrogen-bond acceptors (Lipinski definition) is 6. The summed E-state index contributed by atoms with van der Waals surface area (Å²) in [6.07, 6.45) is 0. The Morgan fingerprint density at radius 3 is 1.97 bits per heavy atom. The van der Waals surface area contributed by atoms with Crippen LogP contribution in [-0.2, 0) is 0 Å². The molecule has 0 aromatic heterocycles. The van der Waals surface area contributed by atoms with Crippen LogP contribution in [0.2, 0.25) is 0 Å². The summed E-state index contributed by atoms with van der Waals surface area (Å²) in [6, 6.07) is 22.2. The molecule has 0 spiro atoms. The lowest BCUT2D eigenvalue weighted by Crippen LogP contribution is -2.41. The van der Waals surface area contributed by atoms with Crippen LogP contribution in [0, 0.1) is 0 Å². The van der Waals surface area contributed by atoms with Crippen LogP contribution in [0.15, 0.2) is 77.8 Å². The molecule has 0 unspecified atom stereocenters. The fraction of sp³-hybridized carbons (Fsp3) is 0.240. The van der Waals surface area contributed by atoms with Crippen molar-refractivity contribution in [3.05, 3.63) is 72.8 Å². The van der Waals surface area contributed by atoms with Crippen molar-refractivity contribution in [3.63, 3.8) is 0 Å². The van der Waals surface area contributed by atoms with E-state index in [-0.39, 0.29) is 0 Å². The second-order valence-electron chi connectivity index (χ2n) is 7.16. The molecule has 0 aliphatic rings. The fourth-order valence-corrected chi connectivity index (χ4v) is 2.85. The maximum absolute atomic E-state index is 6.30. The summed E-state index contributed by atoms with van der Waals surface area (Å²) in [5.74, 6) is 3.61. The summed E-state index contributed by atoms with van der Waals surface area (Å²) in [5, 5.41) is 0. The minimum Gasteiger partial charge on any atom is -0.497 e. The van der Waals surface area contributed by atoms with Gasteiger partial charge in [0.05, 0.1) is 27.0 Å². The van der Waals surface area contributed by atoms with Crippen LogP contribution in [0.4, 0.5) is 5.69 Å². The summed E-state index contributed by atoms with van der Waals surface area (Å²) < 4.78 is 28.5. The Labute approximate surface area is 183 Å². The van der Waals surface area contributed by atoms with Crippen LogP contribution in [-0.4, -0.2) is 32.8 Å². The number of methoxy groups -OCH3 is 3. The number of benzene rings is 3. The molecule has 6 nitrogen and oxygen atoms in total. The number of ether oxygens (including phenoxy) is 5. The molecular weight excluding hydrogens is 394 g/mol. The molecule has 3 aromatic rings. The van der Waals surface area contributed by atoms with Crippen LogP contribution >= 0.6 is 0 Å². The maximum atomic E-state index is 6.30. The van der Waals surface area contributed by atoms with E-state index >= 15 is 0 Å². The first-order valence-electron chi connectivity index (χ1n) is 9.82. The van der Waals surface area contributed by atoms with Gasteiger partial charge in [-0.2, -0.15) is 0 Å². The lowest BCUT2D eigenvalue weighted by atomic mass is 10.1. The van der Waals surface area contributed by atoms with Crippen molar-refractivity contribution in [2.45, 2.75) is 19.4 Å². The Balaban J connectivity index is 1.99. The van der Waals surface area contributed by atoms with Crippen molar-refractivity contribution in [3.8, 4) is 28.7 Å². The third-order valence-corrected chi connectivity index (χ3v) is 4.51. The van der Waals surface area contributed by atoms with E-state index in [1.54, 1.807) is 27.4 Å². The summed E-state index contributed by atoms with van der Waals surface area (Å²) in [7, 11) is 4.84. The van der Waals surface area contributed by atoms with E-state index in [1.165, 1.54) is 0 Å². The van der Waals surface area contributed by atoms with Gasteiger partial charge >= 0.3 is 0 Å². The molecule has 0 heterocycles. The third-order valence-electron chi connectivity index (χ3n) is 4.51. The van der Waals surface area contributed by atoms with Crippen molar-refractivity contribution in [2.24, 2.45) is 4.99 Å². The van der Waals surface area contributed by atoms with Gasteiger partial charge in [0.15, 0.2) is 17.1 Å². The Kier molecular flexibility index (Phi) is 7.03. The van der Waals surface area contributed by atoms with Crippen LogP contribution in [0.3, 0.4) is 0 Å². The second-order valence-corrected chi connectivity index (χ2v) is 7.16. The molecule has 0 amide bonds. The number of rotatable bonds is 8. The first-order valence-corrected chi connectivity index (χ1v) is 9.82. The van der Waals surface area contributed by atoms with Crippen LogP contribution in [0.5, 0.6) is 28.7 Å². The average molecular weight is 421 g/mol. The van der Waals surface area contributed by atoms with Gasteiger partial charge < -0.3 is 23.7 Å². The standard InChI is InChI=1S/C25H27NO5/c1-25(2,31-23-12-7-6-11-22(23)29-5)24(26-18-13-15-19(27-3)16-14-18)30-21-10-8-9-20(17-21)28-4/h6-17H,1-5H3. The smallest absolute Gasteiger partial charge is 0.239 e. The van der Waals surface area contributed by atoms with E-state index < -0.39 is 5.60 Å². The Bertz CT molecular complexity index is 1030. The first kappa shape index (κ1) is 22.0. The minimum absolute atomic E-state index is 0.372. The van der Waals surface area contributed by atoms with Crippen molar-refractivity contribution in [1.29, 1.82) is 0 Å². The highest BCUT2D eigenvalue weighted by Gasteiger charge is 2.31. The fourth-order valence-electron chi connectivity index (χ4n) is 2.85. The predicted molar refractivity (Wildman–Crippen MR) is 121 cm³/mol. The van der Waals surface area contributed by atoms with Gasteiger partial charge in [-0.1, -0.05) is 18.2 Å². The largest absolute Gasteiger partial charge is 0.497 e. The number of para-hydroxylation sites is 2. The normalized spacial score (nSPS) is 11.6. The Morgan fingerprint density at radius 2 is 1.32 bits per heavy atom. The van der Waals surface area contributed by atoms with Crippen LogP contribution in [0.25, 0.3) is 0 Å². The summed E-state index contributed by atoms with van der Waals surface area (Å²) >= 11 is 0. The van der Waals surface area contributed by atoms with Gasteiger partial charge in [-0.15, -0.1) is 0 Å². The minimum atomic E-state index is -0.919. The zero-order valence-corrected chi connectivity index (χ0v) is 18.4. The summed E-state index contributed by atoms with van der Waals surface area (Å²) in [5.41, 5.74) is -0.215. The molecule has 0 saturated heterocycles. The van der Waals surface area contributed by atoms with Gasteiger partial charge in [-0.25, -0.2) is 4.99 Å². The second kappa shape index (κ2) is 9.89. The molecule has 162 valence electrons. The van der Waals surface area contributed by atoms with E-state index in [9.17, 15) is 0 Å². The van der Waals surface area contributed by atoms with Crippen LogP contribution in [0.1, 0.15) is 13.8 Å². The Morgan fingerprint density at radius 1 is 0.677 bits per heavy atom. The first-order chi connectivity index (χ1) is 14.9. The molecule has 31 heavy (non-hydrogen) atoms. The van der Waals surface area contributed by atoms with E-state index in [0.717, 1.165) is 5.75 Å². The van der Waals surface area contributed by atoms with Crippen molar-refractivity contribution in [2.75, 3.05) is 21.3 Å². The molecule has 6 heteroatoms. The monoisotopic (exact) mass is 421 g/mol. The summed E-state index contributed by atoms with van der Waals surface area (Å²) in [6.45, 7) is 3.78. The SMILES string of the molecule is COc1ccc(N=C(Oc2cccc(OC)c2)C(C)(C)Oc2ccccc2OC)cc1. The Hall–Kier alpha value is -3.67. The van der Waals surface area contributed by atoms with Gasteiger partial charge in [0, 0.05) is 6.07 Å². The van der Waals surface area contributed by atoms with Crippen molar-refractivity contribution < 1.29 is 23.7 Å². The van der Waals surface area contributed by atoms with Gasteiger partial charge in [0.1, 0.15) is 17.2 Å². The highest BCUT2D eigenvalue weighted by molar-refractivity contribution is 5.89. The molecule has 0 N–H and O–H groups in total. The zero-order chi connectivity index (χ0) is 22.3. The van der Waals surface area contributed by atoms with Crippen molar-refractivity contribution >= 4 is 11.6 Å². The van der Waals surface area contributed by atoms with Gasteiger partial charge in [-0.05, 0) is 62.4 Å². The molecule has 0 saturated carbocycles. The molecule has 0 atom stereocenters. The molecule has 0 aliphatic carbocycles. The van der Waals surface area contributed by atoms with Gasteiger partial charge in [0.2, 0.25) is 5.90 Å². The number of hydrogen-bond donors (Lipinski definition) is 0. The molecule has 3 aromatic carbocycles. The predicted octanol–water partition coefficient (Wildman–Crippen LogP) is 5.68. The highest BCUT2D eigenvalue weighted by Crippen LogP contribution is 2.32. The average Bonchev–Trinajstić information content (AvgIpc) is 2.79. The lowest BCUT2D eigenvalue weighted by Gasteiger charge is -2.28. The molecular formula is C25H27NO5.